The number of terminal acetylenes is 1. The van der Waals surface area contributed by atoms with Crippen LogP contribution in [0.3, 0.4) is 0 Å². The van der Waals surface area contributed by atoms with Crippen molar-refractivity contribution < 1.29 is 8.42 Å². The Kier molecular flexibility index (Phi) is 6.19. The van der Waals surface area contributed by atoms with E-state index in [4.69, 9.17) is 6.42 Å². The summed E-state index contributed by atoms with van der Waals surface area (Å²) in [6.45, 7) is 5.95. The SMILES string of the molecule is C#CCC(CC=C)(CNS(=O)(=O)c1ccc(C)cc1)c1ccccc1. The second kappa shape index (κ2) is 8.15. The molecular formula is C21H23NO2S. The van der Waals surface area contributed by atoms with Crippen LogP contribution in [0, 0.1) is 19.3 Å². The first-order valence-electron chi connectivity index (χ1n) is 8.10. The lowest BCUT2D eigenvalue weighted by molar-refractivity contribution is 0.433. The average molecular weight is 353 g/mol. The highest BCUT2D eigenvalue weighted by molar-refractivity contribution is 7.89. The summed E-state index contributed by atoms with van der Waals surface area (Å²) in [6.07, 6.45) is 8.37. The lowest BCUT2D eigenvalue weighted by atomic mass is 9.75. The summed E-state index contributed by atoms with van der Waals surface area (Å²) >= 11 is 0. The van der Waals surface area contributed by atoms with Crippen molar-refractivity contribution in [1.82, 2.24) is 4.72 Å². The van der Waals surface area contributed by atoms with Crippen molar-refractivity contribution in [2.45, 2.75) is 30.1 Å². The van der Waals surface area contributed by atoms with Gasteiger partial charge in [-0.2, -0.15) is 0 Å². The summed E-state index contributed by atoms with van der Waals surface area (Å²) in [5, 5.41) is 0. The van der Waals surface area contributed by atoms with Crippen LogP contribution >= 0.6 is 0 Å². The van der Waals surface area contributed by atoms with Gasteiger partial charge in [-0.05, 0) is 31.0 Å². The van der Waals surface area contributed by atoms with Gasteiger partial charge < -0.3 is 0 Å². The van der Waals surface area contributed by atoms with E-state index in [0.29, 0.717) is 12.8 Å². The summed E-state index contributed by atoms with van der Waals surface area (Å²) in [4.78, 5) is 0.249. The molecule has 0 saturated carbocycles. The Morgan fingerprint density at radius 3 is 2.36 bits per heavy atom. The third-order valence-corrected chi connectivity index (χ3v) is 5.71. The van der Waals surface area contributed by atoms with E-state index in [1.165, 1.54) is 0 Å². The standard InChI is InChI=1S/C21H23NO2S/c1-4-15-21(16-5-2,19-9-7-6-8-10-19)17-22-25(23,24)20-13-11-18(3)12-14-20/h1,5-14,22H,2,15-17H2,3H3. The molecule has 0 radical (unpaired) electrons. The predicted octanol–water partition coefficient (Wildman–Crippen LogP) is 3.81. The van der Waals surface area contributed by atoms with E-state index in [2.05, 4.69) is 17.2 Å². The van der Waals surface area contributed by atoms with Crippen LogP contribution in [0.5, 0.6) is 0 Å². The van der Waals surface area contributed by atoms with Gasteiger partial charge in [0.1, 0.15) is 0 Å². The van der Waals surface area contributed by atoms with Gasteiger partial charge in [0.25, 0.3) is 0 Å². The molecule has 130 valence electrons. The molecule has 0 aromatic heterocycles. The Labute approximate surface area is 150 Å². The molecule has 0 heterocycles. The van der Waals surface area contributed by atoms with Gasteiger partial charge in [0, 0.05) is 18.4 Å². The summed E-state index contributed by atoms with van der Waals surface area (Å²) < 4.78 is 28.0. The molecule has 0 saturated heterocycles. The number of rotatable bonds is 8. The van der Waals surface area contributed by atoms with Crippen molar-refractivity contribution in [1.29, 1.82) is 0 Å². The highest BCUT2D eigenvalue weighted by Gasteiger charge is 2.32. The monoisotopic (exact) mass is 353 g/mol. The molecule has 0 aliphatic heterocycles. The van der Waals surface area contributed by atoms with Gasteiger partial charge in [0.2, 0.25) is 10.0 Å². The molecule has 0 bridgehead atoms. The molecule has 0 amide bonds. The van der Waals surface area contributed by atoms with Crippen molar-refractivity contribution in [3.63, 3.8) is 0 Å². The molecule has 2 rings (SSSR count). The number of allylic oxidation sites excluding steroid dienone is 1. The van der Waals surface area contributed by atoms with Gasteiger partial charge in [-0.15, -0.1) is 18.9 Å². The van der Waals surface area contributed by atoms with E-state index in [0.717, 1.165) is 11.1 Å². The third kappa shape index (κ3) is 4.60. The van der Waals surface area contributed by atoms with Crippen LogP contribution in [0.2, 0.25) is 0 Å². The number of benzene rings is 2. The maximum absolute atomic E-state index is 12.6. The Bertz CT molecular complexity index is 849. The van der Waals surface area contributed by atoms with Gasteiger partial charge in [-0.3, -0.25) is 0 Å². The lowest BCUT2D eigenvalue weighted by Crippen LogP contribution is -2.40. The van der Waals surface area contributed by atoms with Crippen molar-refractivity contribution >= 4 is 10.0 Å². The maximum atomic E-state index is 12.6. The van der Waals surface area contributed by atoms with Crippen LogP contribution < -0.4 is 4.72 Å². The summed E-state index contributed by atoms with van der Waals surface area (Å²) in [7, 11) is -3.61. The molecule has 0 fully saturated rings. The van der Waals surface area contributed by atoms with Gasteiger partial charge in [-0.1, -0.05) is 54.1 Å². The van der Waals surface area contributed by atoms with Crippen molar-refractivity contribution in [3.05, 3.63) is 78.4 Å². The zero-order valence-corrected chi connectivity index (χ0v) is 15.2. The number of hydrogen-bond acceptors (Lipinski definition) is 2. The van der Waals surface area contributed by atoms with Gasteiger partial charge >= 0.3 is 0 Å². The minimum Gasteiger partial charge on any atom is -0.210 e. The van der Waals surface area contributed by atoms with E-state index < -0.39 is 15.4 Å². The summed E-state index contributed by atoms with van der Waals surface area (Å²) in [5.41, 5.74) is 1.49. The highest BCUT2D eigenvalue weighted by Crippen LogP contribution is 2.32. The normalized spacial score (nSPS) is 13.6. The molecule has 2 aromatic rings. The average Bonchev–Trinajstić information content (AvgIpc) is 2.61. The second-order valence-corrected chi connectivity index (χ2v) is 7.92. The topological polar surface area (TPSA) is 46.2 Å². The molecular weight excluding hydrogens is 330 g/mol. The van der Waals surface area contributed by atoms with Crippen LogP contribution in [-0.2, 0) is 15.4 Å². The number of nitrogens with one attached hydrogen (secondary N) is 1. The van der Waals surface area contributed by atoms with E-state index in [-0.39, 0.29) is 11.4 Å². The molecule has 0 aliphatic carbocycles. The fourth-order valence-corrected chi connectivity index (χ4v) is 3.95. The fourth-order valence-electron chi connectivity index (χ4n) is 2.83. The fraction of sp³-hybridized carbons (Fsp3) is 0.238. The smallest absolute Gasteiger partial charge is 0.210 e. The second-order valence-electron chi connectivity index (χ2n) is 6.16. The van der Waals surface area contributed by atoms with Gasteiger partial charge in [-0.25, -0.2) is 13.1 Å². The van der Waals surface area contributed by atoms with Crippen LogP contribution in [0.1, 0.15) is 24.0 Å². The zero-order chi connectivity index (χ0) is 18.3. The van der Waals surface area contributed by atoms with E-state index in [9.17, 15) is 8.42 Å². The van der Waals surface area contributed by atoms with Gasteiger partial charge in [0.05, 0.1) is 4.90 Å². The number of sulfonamides is 1. The zero-order valence-electron chi connectivity index (χ0n) is 14.4. The van der Waals surface area contributed by atoms with Crippen molar-refractivity contribution in [3.8, 4) is 12.3 Å². The highest BCUT2D eigenvalue weighted by atomic mass is 32.2. The van der Waals surface area contributed by atoms with Crippen LogP contribution in [0.25, 0.3) is 0 Å². The number of hydrogen-bond donors (Lipinski definition) is 1. The molecule has 2 aromatic carbocycles. The summed E-state index contributed by atoms with van der Waals surface area (Å²) in [6, 6.07) is 16.5. The van der Waals surface area contributed by atoms with Crippen LogP contribution in [0.4, 0.5) is 0 Å². The first-order chi connectivity index (χ1) is 11.9. The van der Waals surface area contributed by atoms with Crippen molar-refractivity contribution in [2.75, 3.05) is 6.54 Å². The van der Waals surface area contributed by atoms with E-state index in [1.807, 2.05) is 37.3 Å². The van der Waals surface area contributed by atoms with Crippen molar-refractivity contribution in [2.24, 2.45) is 0 Å². The molecule has 25 heavy (non-hydrogen) atoms. The Morgan fingerprint density at radius 2 is 1.80 bits per heavy atom. The minimum absolute atomic E-state index is 0.212. The largest absolute Gasteiger partial charge is 0.240 e. The third-order valence-electron chi connectivity index (χ3n) is 4.29. The first-order valence-corrected chi connectivity index (χ1v) is 9.58. The number of aryl methyl sites for hydroxylation is 1. The molecule has 1 unspecified atom stereocenters. The molecule has 4 heteroatoms. The lowest BCUT2D eigenvalue weighted by Gasteiger charge is -2.32. The van der Waals surface area contributed by atoms with Gasteiger partial charge in [0.15, 0.2) is 0 Å². The summed E-state index contributed by atoms with van der Waals surface area (Å²) in [5.74, 6) is 2.69. The maximum Gasteiger partial charge on any atom is 0.240 e. The quantitative estimate of drug-likeness (QED) is 0.579. The Hall–Kier alpha value is -2.35. The molecule has 1 N–H and O–H groups in total. The van der Waals surface area contributed by atoms with Crippen LogP contribution in [0.15, 0.2) is 72.1 Å². The van der Waals surface area contributed by atoms with E-state index in [1.54, 1.807) is 30.3 Å². The molecule has 0 aliphatic rings. The minimum atomic E-state index is -3.61. The molecule has 3 nitrogen and oxygen atoms in total. The Balaban J connectivity index is 2.32. The van der Waals surface area contributed by atoms with Crippen LogP contribution in [-0.4, -0.2) is 15.0 Å². The Morgan fingerprint density at radius 1 is 1.16 bits per heavy atom. The predicted molar refractivity (Wildman–Crippen MR) is 103 cm³/mol. The first kappa shape index (κ1) is 19.0. The molecule has 0 spiro atoms. The molecule has 1 atom stereocenters. The van der Waals surface area contributed by atoms with E-state index >= 15 is 0 Å².